The van der Waals surface area contributed by atoms with E-state index in [-0.39, 0.29) is 6.54 Å². The minimum Gasteiger partial charge on any atom is -0.493 e. The number of ether oxygens (including phenoxy) is 2. The minimum atomic E-state index is -3.44. The summed E-state index contributed by atoms with van der Waals surface area (Å²) in [6.07, 6.45) is 1.64. The molecule has 0 fully saturated rings. The van der Waals surface area contributed by atoms with Crippen molar-refractivity contribution in [1.82, 2.24) is 9.03 Å². The van der Waals surface area contributed by atoms with Crippen LogP contribution in [0.3, 0.4) is 0 Å². The predicted molar refractivity (Wildman–Crippen MR) is 74.3 cm³/mol. The molecule has 0 atom stereocenters. The van der Waals surface area contributed by atoms with E-state index in [1.54, 1.807) is 0 Å². The van der Waals surface area contributed by atoms with E-state index in [9.17, 15) is 8.42 Å². The van der Waals surface area contributed by atoms with Gasteiger partial charge in [0.25, 0.3) is 10.2 Å². The fraction of sp³-hybridized carbons (Fsp3) is 0.538. The molecular weight excluding hydrogens is 280 g/mol. The van der Waals surface area contributed by atoms with Gasteiger partial charge in [0.05, 0.1) is 13.2 Å². The highest BCUT2D eigenvalue weighted by atomic mass is 32.2. The van der Waals surface area contributed by atoms with E-state index in [0.717, 1.165) is 45.3 Å². The standard InChI is InChI=1S/C13H18N2O4S/c1-15(2)20(16,17)14-8-11-10-4-6-18-12(10)7-9-3-5-19-13(9)11/h7,14H,3-6,8H2,1-2H3. The lowest BCUT2D eigenvalue weighted by Gasteiger charge is -2.16. The highest BCUT2D eigenvalue weighted by molar-refractivity contribution is 7.87. The van der Waals surface area contributed by atoms with Crippen molar-refractivity contribution < 1.29 is 17.9 Å². The van der Waals surface area contributed by atoms with Gasteiger partial charge in [0.15, 0.2) is 0 Å². The maximum atomic E-state index is 11.8. The minimum absolute atomic E-state index is 0.232. The Kier molecular flexibility index (Phi) is 3.35. The van der Waals surface area contributed by atoms with E-state index < -0.39 is 10.2 Å². The Labute approximate surface area is 118 Å². The average molecular weight is 298 g/mol. The average Bonchev–Trinajstić information content (AvgIpc) is 3.01. The third-order valence-corrected chi connectivity index (χ3v) is 5.14. The monoisotopic (exact) mass is 298 g/mol. The van der Waals surface area contributed by atoms with Gasteiger partial charge in [-0.2, -0.15) is 17.4 Å². The molecule has 20 heavy (non-hydrogen) atoms. The molecule has 2 heterocycles. The molecule has 110 valence electrons. The van der Waals surface area contributed by atoms with Gasteiger partial charge in [0.1, 0.15) is 11.5 Å². The summed E-state index contributed by atoms with van der Waals surface area (Å²) in [6.45, 7) is 1.52. The molecule has 0 bridgehead atoms. The lowest BCUT2D eigenvalue weighted by atomic mass is 10.00. The first-order valence-corrected chi connectivity index (χ1v) is 8.03. The quantitative estimate of drug-likeness (QED) is 0.876. The molecule has 0 radical (unpaired) electrons. The van der Waals surface area contributed by atoms with E-state index in [1.165, 1.54) is 14.1 Å². The second-order valence-corrected chi connectivity index (χ2v) is 7.09. The Morgan fingerprint density at radius 3 is 2.75 bits per heavy atom. The second kappa shape index (κ2) is 4.91. The molecule has 7 heteroatoms. The third kappa shape index (κ3) is 2.25. The molecule has 6 nitrogen and oxygen atoms in total. The number of fused-ring (bicyclic) bond motifs is 2. The molecule has 0 unspecified atom stereocenters. The van der Waals surface area contributed by atoms with Gasteiger partial charge in [-0.1, -0.05) is 0 Å². The number of nitrogens with one attached hydrogen (secondary N) is 1. The molecule has 0 aliphatic carbocycles. The Morgan fingerprint density at radius 1 is 1.25 bits per heavy atom. The fourth-order valence-corrected chi connectivity index (χ4v) is 3.15. The lowest BCUT2D eigenvalue weighted by Crippen LogP contribution is -2.35. The molecule has 0 aromatic heterocycles. The van der Waals surface area contributed by atoms with E-state index in [2.05, 4.69) is 4.72 Å². The molecule has 0 spiro atoms. The molecule has 1 aromatic rings. The van der Waals surface area contributed by atoms with Crippen LogP contribution in [0.4, 0.5) is 0 Å². The summed E-state index contributed by atoms with van der Waals surface area (Å²) in [6, 6.07) is 2.02. The largest absolute Gasteiger partial charge is 0.493 e. The van der Waals surface area contributed by atoms with Gasteiger partial charge >= 0.3 is 0 Å². The van der Waals surface area contributed by atoms with Crippen molar-refractivity contribution >= 4 is 10.2 Å². The number of rotatable bonds is 4. The molecule has 2 aliphatic heterocycles. The van der Waals surface area contributed by atoms with E-state index in [0.29, 0.717) is 13.2 Å². The maximum Gasteiger partial charge on any atom is 0.279 e. The Bertz CT molecular complexity index is 608. The van der Waals surface area contributed by atoms with Gasteiger partial charge in [-0.3, -0.25) is 0 Å². The summed E-state index contributed by atoms with van der Waals surface area (Å²) in [5, 5.41) is 0. The Morgan fingerprint density at radius 2 is 2.00 bits per heavy atom. The number of benzene rings is 1. The smallest absolute Gasteiger partial charge is 0.279 e. The highest BCUT2D eigenvalue weighted by Crippen LogP contribution is 2.40. The number of hydrogen-bond donors (Lipinski definition) is 1. The van der Waals surface area contributed by atoms with Gasteiger partial charge in [-0.25, -0.2) is 0 Å². The SMILES string of the molecule is CN(C)S(=O)(=O)NCc1c2c(cc3c1OCC3)OCC2. The maximum absolute atomic E-state index is 11.8. The third-order valence-electron chi connectivity index (χ3n) is 3.67. The summed E-state index contributed by atoms with van der Waals surface area (Å²) >= 11 is 0. The summed E-state index contributed by atoms with van der Waals surface area (Å²) in [5.74, 6) is 1.70. The van der Waals surface area contributed by atoms with Crippen LogP contribution < -0.4 is 14.2 Å². The van der Waals surface area contributed by atoms with Crippen molar-refractivity contribution in [2.75, 3.05) is 27.3 Å². The molecule has 0 amide bonds. The van der Waals surface area contributed by atoms with Crippen molar-refractivity contribution in [2.24, 2.45) is 0 Å². The summed E-state index contributed by atoms with van der Waals surface area (Å²) < 4.78 is 38.7. The number of nitrogens with zero attached hydrogens (tertiary/aromatic N) is 1. The molecule has 0 saturated carbocycles. The van der Waals surface area contributed by atoms with Crippen LogP contribution in [0.1, 0.15) is 16.7 Å². The van der Waals surface area contributed by atoms with Crippen LogP contribution in [-0.2, 0) is 29.6 Å². The van der Waals surface area contributed by atoms with Crippen molar-refractivity contribution in [3.05, 3.63) is 22.8 Å². The zero-order valence-electron chi connectivity index (χ0n) is 11.6. The lowest BCUT2D eigenvalue weighted by molar-refractivity contribution is 0.352. The van der Waals surface area contributed by atoms with Crippen LogP contribution in [0.5, 0.6) is 11.5 Å². The van der Waals surface area contributed by atoms with Gasteiger partial charge in [0, 0.05) is 50.2 Å². The van der Waals surface area contributed by atoms with Crippen LogP contribution in [0.2, 0.25) is 0 Å². The predicted octanol–water partition coefficient (Wildman–Crippen LogP) is 0.452. The summed E-state index contributed by atoms with van der Waals surface area (Å²) in [7, 11) is -0.441. The highest BCUT2D eigenvalue weighted by Gasteiger charge is 2.27. The van der Waals surface area contributed by atoms with E-state index >= 15 is 0 Å². The van der Waals surface area contributed by atoms with Crippen LogP contribution >= 0.6 is 0 Å². The van der Waals surface area contributed by atoms with Gasteiger partial charge in [-0.15, -0.1) is 0 Å². The zero-order chi connectivity index (χ0) is 14.3. The molecular formula is C13H18N2O4S. The molecule has 3 rings (SSSR count). The van der Waals surface area contributed by atoms with E-state index in [1.807, 2.05) is 6.07 Å². The van der Waals surface area contributed by atoms with Crippen molar-refractivity contribution in [3.63, 3.8) is 0 Å². The molecule has 0 saturated heterocycles. The topological polar surface area (TPSA) is 67.9 Å². The summed E-state index contributed by atoms with van der Waals surface area (Å²) in [5.41, 5.74) is 3.08. The Balaban J connectivity index is 1.94. The van der Waals surface area contributed by atoms with Crippen molar-refractivity contribution in [2.45, 2.75) is 19.4 Å². The Hall–Kier alpha value is -1.31. The van der Waals surface area contributed by atoms with E-state index in [4.69, 9.17) is 9.47 Å². The van der Waals surface area contributed by atoms with Gasteiger partial charge < -0.3 is 9.47 Å². The second-order valence-electron chi connectivity index (χ2n) is 5.13. The number of hydrogen-bond acceptors (Lipinski definition) is 4. The zero-order valence-corrected chi connectivity index (χ0v) is 12.4. The summed E-state index contributed by atoms with van der Waals surface area (Å²) in [4.78, 5) is 0. The fourth-order valence-electron chi connectivity index (χ4n) is 2.56. The van der Waals surface area contributed by atoms with Crippen LogP contribution in [-0.4, -0.2) is 40.0 Å². The van der Waals surface area contributed by atoms with Gasteiger partial charge in [-0.05, 0) is 6.07 Å². The van der Waals surface area contributed by atoms with Crippen molar-refractivity contribution in [1.29, 1.82) is 0 Å². The molecule has 1 aromatic carbocycles. The first-order valence-electron chi connectivity index (χ1n) is 6.59. The van der Waals surface area contributed by atoms with Crippen LogP contribution in [0.15, 0.2) is 6.07 Å². The van der Waals surface area contributed by atoms with Crippen LogP contribution in [0.25, 0.3) is 0 Å². The normalized spacial score (nSPS) is 16.8. The van der Waals surface area contributed by atoms with Gasteiger partial charge in [0.2, 0.25) is 0 Å². The molecule has 1 N–H and O–H groups in total. The van der Waals surface area contributed by atoms with Crippen LogP contribution in [0, 0.1) is 0 Å². The van der Waals surface area contributed by atoms with Crippen molar-refractivity contribution in [3.8, 4) is 11.5 Å². The first kappa shape index (κ1) is 13.7. The molecule has 2 aliphatic rings. The first-order chi connectivity index (χ1) is 9.49.